The summed E-state index contributed by atoms with van der Waals surface area (Å²) < 4.78 is 5.11. The summed E-state index contributed by atoms with van der Waals surface area (Å²) in [5.74, 6) is 2.29. The molecular formula is C8H7BClO. The number of hydrogen-bond donors (Lipinski definition) is 0. The largest absolute Gasteiger partial charge is 0.558 e. The molecule has 3 heteroatoms. The van der Waals surface area contributed by atoms with Gasteiger partial charge in [-0.05, 0) is 18.2 Å². The van der Waals surface area contributed by atoms with Gasteiger partial charge in [0.2, 0.25) is 0 Å². The van der Waals surface area contributed by atoms with Crippen LogP contribution in [0.4, 0.5) is 0 Å². The Morgan fingerprint density at radius 2 is 2.36 bits per heavy atom. The van der Waals surface area contributed by atoms with Crippen LogP contribution in [0.1, 0.15) is 0 Å². The summed E-state index contributed by atoms with van der Waals surface area (Å²) >= 11 is 5.70. The minimum absolute atomic E-state index is 0.667. The fourth-order valence-electron chi connectivity index (χ4n) is 0.667. The highest BCUT2D eigenvalue weighted by atomic mass is 35.5. The van der Waals surface area contributed by atoms with Crippen molar-refractivity contribution in [3.63, 3.8) is 0 Å². The second kappa shape index (κ2) is 4.09. The maximum atomic E-state index is 5.70. The summed E-state index contributed by atoms with van der Waals surface area (Å²) in [4.78, 5) is 0. The van der Waals surface area contributed by atoms with Crippen LogP contribution in [-0.4, -0.2) is 7.48 Å². The zero-order valence-corrected chi connectivity index (χ0v) is 6.71. The molecule has 1 rings (SSSR count). The minimum atomic E-state index is 0.667. The van der Waals surface area contributed by atoms with Crippen molar-refractivity contribution in [1.82, 2.24) is 0 Å². The second-order valence-electron chi connectivity index (χ2n) is 1.95. The lowest BCUT2D eigenvalue weighted by atomic mass is 10.0. The Hall–Kier alpha value is -0.885. The van der Waals surface area contributed by atoms with E-state index in [4.69, 9.17) is 16.3 Å². The Kier molecular flexibility index (Phi) is 3.05. The molecule has 0 unspecified atom stereocenters. The average molecular weight is 165 g/mol. The molecule has 55 valence electrons. The first-order chi connectivity index (χ1) is 5.33. The van der Waals surface area contributed by atoms with Crippen molar-refractivity contribution in [1.29, 1.82) is 0 Å². The van der Waals surface area contributed by atoms with E-state index < -0.39 is 0 Å². The lowest BCUT2D eigenvalue weighted by Gasteiger charge is -2.01. The molecule has 1 aromatic carbocycles. The molecule has 0 aromatic heterocycles. The molecule has 0 aliphatic rings. The number of rotatable bonds is 3. The van der Waals surface area contributed by atoms with Crippen molar-refractivity contribution in [2.24, 2.45) is 0 Å². The van der Waals surface area contributed by atoms with E-state index in [1.54, 1.807) is 18.1 Å². The van der Waals surface area contributed by atoms with E-state index in [0.717, 1.165) is 5.75 Å². The molecule has 0 aliphatic carbocycles. The van der Waals surface area contributed by atoms with Gasteiger partial charge in [0.25, 0.3) is 0 Å². The van der Waals surface area contributed by atoms with Crippen LogP contribution in [0.5, 0.6) is 5.75 Å². The normalized spacial score (nSPS) is 8.82. The molecule has 0 spiro atoms. The Balaban J connectivity index is 2.63. The fourth-order valence-corrected chi connectivity index (χ4v) is 0.847. The topological polar surface area (TPSA) is 9.23 Å². The van der Waals surface area contributed by atoms with Crippen molar-refractivity contribution < 1.29 is 4.65 Å². The highest BCUT2D eigenvalue weighted by Crippen LogP contribution is 2.16. The van der Waals surface area contributed by atoms with Gasteiger partial charge in [-0.15, -0.1) is 6.58 Å². The molecule has 1 aromatic rings. The van der Waals surface area contributed by atoms with Crippen molar-refractivity contribution in [3.8, 4) is 5.75 Å². The zero-order chi connectivity index (χ0) is 8.10. The standard InChI is InChI=1S/C8H7BClO/c1-2-9-11-8-5-3-4-7(10)6-8/h2-6H,1H2. The molecule has 0 bridgehead atoms. The summed E-state index contributed by atoms with van der Waals surface area (Å²) in [5.41, 5.74) is 0. The first kappa shape index (κ1) is 8.21. The lowest BCUT2D eigenvalue weighted by molar-refractivity contribution is 0.604. The smallest absolute Gasteiger partial charge is 0.400 e. The summed E-state index contributed by atoms with van der Waals surface area (Å²) in [5, 5.41) is 0.667. The molecule has 0 saturated carbocycles. The molecule has 0 amide bonds. The molecule has 0 saturated heterocycles. The summed E-state index contributed by atoms with van der Waals surface area (Å²) in [7, 11) is 1.51. The van der Waals surface area contributed by atoms with E-state index >= 15 is 0 Å². The summed E-state index contributed by atoms with van der Waals surface area (Å²) in [6.45, 7) is 3.48. The first-order valence-electron chi connectivity index (χ1n) is 3.19. The van der Waals surface area contributed by atoms with Crippen LogP contribution in [0.3, 0.4) is 0 Å². The van der Waals surface area contributed by atoms with E-state index in [0.29, 0.717) is 5.02 Å². The minimum Gasteiger partial charge on any atom is -0.558 e. The fraction of sp³-hybridized carbons (Fsp3) is 0. The SMILES string of the molecule is C=C[B]Oc1cccc(Cl)c1. The molecule has 1 nitrogen and oxygen atoms in total. The van der Waals surface area contributed by atoms with Crippen molar-refractivity contribution >= 4 is 19.1 Å². The predicted octanol–water partition coefficient (Wildman–Crippen LogP) is 2.48. The van der Waals surface area contributed by atoms with E-state index in [-0.39, 0.29) is 0 Å². The molecule has 0 atom stereocenters. The van der Waals surface area contributed by atoms with Gasteiger partial charge >= 0.3 is 7.48 Å². The van der Waals surface area contributed by atoms with Gasteiger partial charge in [-0.25, -0.2) is 0 Å². The van der Waals surface area contributed by atoms with E-state index in [1.165, 1.54) is 7.48 Å². The van der Waals surface area contributed by atoms with Gasteiger partial charge < -0.3 is 4.65 Å². The highest BCUT2D eigenvalue weighted by molar-refractivity contribution is 6.35. The van der Waals surface area contributed by atoms with Gasteiger partial charge in [-0.3, -0.25) is 0 Å². The third-order valence-corrected chi connectivity index (χ3v) is 1.33. The average Bonchev–Trinajstić information content (AvgIpc) is 2.01. The molecule has 0 N–H and O–H groups in total. The lowest BCUT2D eigenvalue weighted by Crippen LogP contribution is -1.96. The molecule has 1 radical (unpaired) electrons. The highest BCUT2D eigenvalue weighted by Gasteiger charge is 1.92. The maximum absolute atomic E-state index is 5.70. The third kappa shape index (κ3) is 2.68. The van der Waals surface area contributed by atoms with Gasteiger partial charge in [0.1, 0.15) is 5.75 Å². The number of halogens is 1. The van der Waals surface area contributed by atoms with Crippen LogP contribution < -0.4 is 4.65 Å². The van der Waals surface area contributed by atoms with Gasteiger partial charge in [-0.2, -0.15) is 0 Å². The Morgan fingerprint density at radius 1 is 1.55 bits per heavy atom. The van der Waals surface area contributed by atoms with Crippen LogP contribution >= 0.6 is 11.6 Å². The predicted molar refractivity (Wildman–Crippen MR) is 48.0 cm³/mol. The number of benzene rings is 1. The van der Waals surface area contributed by atoms with Crippen molar-refractivity contribution in [2.45, 2.75) is 0 Å². The van der Waals surface area contributed by atoms with Crippen LogP contribution in [0.15, 0.2) is 36.8 Å². The Morgan fingerprint density at radius 3 is 3.00 bits per heavy atom. The number of hydrogen-bond acceptors (Lipinski definition) is 1. The molecule has 0 aliphatic heterocycles. The van der Waals surface area contributed by atoms with E-state index in [1.807, 2.05) is 12.1 Å². The van der Waals surface area contributed by atoms with Gasteiger partial charge in [0.15, 0.2) is 0 Å². The van der Waals surface area contributed by atoms with Crippen LogP contribution in [-0.2, 0) is 0 Å². The van der Waals surface area contributed by atoms with Crippen LogP contribution in [0.25, 0.3) is 0 Å². The zero-order valence-electron chi connectivity index (χ0n) is 5.96. The third-order valence-electron chi connectivity index (χ3n) is 1.10. The molecule has 0 heterocycles. The Labute approximate surface area is 71.9 Å². The molecular weight excluding hydrogens is 158 g/mol. The monoisotopic (exact) mass is 165 g/mol. The van der Waals surface area contributed by atoms with Crippen molar-refractivity contribution in [3.05, 3.63) is 41.8 Å². The van der Waals surface area contributed by atoms with Gasteiger partial charge in [-0.1, -0.05) is 23.6 Å². The van der Waals surface area contributed by atoms with Crippen LogP contribution in [0.2, 0.25) is 5.02 Å². The van der Waals surface area contributed by atoms with Gasteiger partial charge in [0.05, 0.1) is 0 Å². The van der Waals surface area contributed by atoms with Gasteiger partial charge in [0, 0.05) is 5.02 Å². The Bertz CT molecular complexity index is 250. The molecule has 11 heavy (non-hydrogen) atoms. The van der Waals surface area contributed by atoms with E-state index in [2.05, 4.69) is 6.58 Å². The van der Waals surface area contributed by atoms with Crippen LogP contribution in [0, 0.1) is 0 Å². The second-order valence-corrected chi connectivity index (χ2v) is 2.38. The van der Waals surface area contributed by atoms with Crippen molar-refractivity contribution in [2.75, 3.05) is 0 Å². The first-order valence-corrected chi connectivity index (χ1v) is 3.57. The summed E-state index contributed by atoms with van der Waals surface area (Å²) in [6, 6.07) is 7.18. The quantitative estimate of drug-likeness (QED) is 0.625. The molecule has 0 fully saturated rings. The van der Waals surface area contributed by atoms with E-state index in [9.17, 15) is 0 Å². The summed E-state index contributed by atoms with van der Waals surface area (Å²) in [6.07, 6.45) is 0. The maximum Gasteiger partial charge on any atom is 0.400 e.